The fraction of sp³-hybridized carbons (Fsp3) is 0.727. The van der Waals surface area contributed by atoms with Crippen LogP contribution in [0.1, 0.15) is 26.7 Å². The summed E-state index contributed by atoms with van der Waals surface area (Å²) >= 11 is 0. The highest BCUT2D eigenvalue weighted by atomic mass is 16.5. The summed E-state index contributed by atoms with van der Waals surface area (Å²) in [5.74, 6) is 0.852. The number of rotatable bonds is 8. The van der Waals surface area contributed by atoms with Gasteiger partial charge in [0.25, 0.3) is 0 Å². The SMILES string of the molecule is CCCC(O)CNc1nc(NCC)nc(OC)n1. The average Bonchev–Trinajstić information content (AvgIpc) is 2.37. The summed E-state index contributed by atoms with van der Waals surface area (Å²) in [6.07, 6.45) is 1.28. The maximum atomic E-state index is 9.63. The van der Waals surface area contributed by atoms with E-state index >= 15 is 0 Å². The van der Waals surface area contributed by atoms with Crippen molar-refractivity contribution >= 4 is 11.9 Å². The Morgan fingerprint density at radius 1 is 1.17 bits per heavy atom. The molecule has 0 bridgehead atoms. The third-order valence-corrected chi connectivity index (χ3v) is 2.25. The highest BCUT2D eigenvalue weighted by Crippen LogP contribution is 2.10. The van der Waals surface area contributed by atoms with E-state index in [1.807, 2.05) is 13.8 Å². The van der Waals surface area contributed by atoms with Gasteiger partial charge >= 0.3 is 6.01 Å². The molecule has 1 heterocycles. The van der Waals surface area contributed by atoms with Crippen molar-refractivity contribution in [2.75, 3.05) is 30.8 Å². The third kappa shape index (κ3) is 4.70. The molecule has 0 fully saturated rings. The minimum absolute atomic E-state index is 0.244. The van der Waals surface area contributed by atoms with Crippen LogP contribution in [-0.2, 0) is 0 Å². The minimum atomic E-state index is -0.402. The van der Waals surface area contributed by atoms with E-state index in [-0.39, 0.29) is 6.01 Å². The van der Waals surface area contributed by atoms with Crippen LogP contribution < -0.4 is 15.4 Å². The molecule has 1 atom stereocenters. The number of methoxy groups -OCH3 is 1. The number of hydrogen-bond acceptors (Lipinski definition) is 7. The fourth-order valence-corrected chi connectivity index (χ4v) is 1.41. The van der Waals surface area contributed by atoms with Gasteiger partial charge in [0.2, 0.25) is 11.9 Å². The quantitative estimate of drug-likeness (QED) is 0.635. The zero-order valence-electron chi connectivity index (χ0n) is 11.1. The van der Waals surface area contributed by atoms with Crippen LogP contribution in [0.15, 0.2) is 0 Å². The highest BCUT2D eigenvalue weighted by molar-refractivity contribution is 5.35. The Balaban J connectivity index is 2.65. The van der Waals surface area contributed by atoms with Crippen molar-refractivity contribution in [1.82, 2.24) is 15.0 Å². The Kier molecular flexibility index (Phi) is 6.13. The van der Waals surface area contributed by atoms with Crippen LogP contribution in [0.2, 0.25) is 0 Å². The van der Waals surface area contributed by atoms with E-state index in [4.69, 9.17) is 4.74 Å². The molecular weight excluding hydrogens is 234 g/mol. The molecule has 7 heteroatoms. The highest BCUT2D eigenvalue weighted by Gasteiger charge is 2.08. The van der Waals surface area contributed by atoms with E-state index in [0.29, 0.717) is 25.0 Å². The molecule has 3 N–H and O–H groups in total. The van der Waals surface area contributed by atoms with E-state index in [9.17, 15) is 5.11 Å². The van der Waals surface area contributed by atoms with Gasteiger partial charge < -0.3 is 20.5 Å². The molecule has 0 saturated heterocycles. The number of anilines is 2. The molecule has 102 valence electrons. The summed E-state index contributed by atoms with van der Waals surface area (Å²) < 4.78 is 4.99. The lowest BCUT2D eigenvalue weighted by Crippen LogP contribution is -2.20. The lowest BCUT2D eigenvalue weighted by atomic mass is 10.2. The number of aromatic nitrogens is 3. The smallest absolute Gasteiger partial charge is 0.322 e. The fourth-order valence-electron chi connectivity index (χ4n) is 1.41. The molecular formula is C11H21N5O2. The molecule has 0 aliphatic heterocycles. The number of nitrogens with one attached hydrogen (secondary N) is 2. The molecule has 0 aromatic carbocycles. The standard InChI is InChI=1S/C11H21N5O2/c1-4-6-8(17)7-13-10-14-9(12-5-2)15-11(16-10)18-3/h8,17H,4-7H2,1-3H3,(H2,12,13,14,15,16). The summed E-state index contributed by atoms with van der Waals surface area (Å²) in [5, 5.41) is 15.6. The predicted octanol–water partition coefficient (Wildman–Crippen LogP) is 0.885. The van der Waals surface area contributed by atoms with Gasteiger partial charge in [0.1, 0.15) is 0 Å². The van der Waals surface area contributed by atoms with Gasteiger partial charge in [0.15, 0.2) is 0 Å². The van der Waals surface area contributed by atoms with Crippen LogP contribution in [0.25, 0.3) is 0 Å². The van der Waals surface area contributed by atoms with Gasteiger partial charge in [-0.1, -0.05) is 13.3 Å². The summed E-state index contributed by atoms with van der Waals surface area (Å²) in [5.41, 5.74) is 0. The van der Waals surface area contributed by atoms with E-state index in [1.54, 1.807) is 0 Å². The van der Waals surface area contributed by atoms with E-state index in [1.165, 1.54) is 7.11 Å². The molecule has 0 aliphatic rings. The Bertz CT molecular complexity index is 361. The first-order chi connectivity index (χ1) is 8.69. The maximum Gasteiger partial charge on any atom is 0.322 e. The van der Waals surface area contributed by atoms with Gasteiger partial charge in [-0.15, -0.1) is 0 Å². The van der Waals surface area contributed by atoms with E-state index in [2.05, 4.69) is 25.6 Å². The van der Waals surface area contributed by atoms with Crippen molar-refractivity contribution in [2.24, 2.45) is 0 Å². The lowest BCUT2D eigenvalue weighted by molar-refractivity contribution is 0.176. The van der Waals surface area contributed by atoms with Crippen LogP contribution >= 0.6 is 0 Å². The van der Waals surface area contributed by atoms with Crippen molar-refractivity contribution < 1.29 is 9.84 Å². The van der Waals surface area contributed by atoms with Gasteiger partial charge in [-0.3, -0.25) is 0 Å². The zero-order chi connectivity index (χ0) is 13.4. The molecule has 1 aromatic heterocycles. The Hall–Kier alpha value is -1.63. The first-order valence-electron chi connectivity index (χ1n) is 6.15. The maximum absolute atomic E-state index is 9.63. The second-order valence-electron chi connectivity index (χ2n) is 3.82. The molecule has 7 nitrogen and oxygen atoms in total. The van der Waals surface area contributed by atoms with Gasteiger partial charge in [0.05, 0.1) is 13.2 Å². The van der Waals surface area contributed by atoms with Crippen LogP contribution in [0.4, 0.5) is 11.9 Å². The lowest BCUT2D eigenvalue weighted by Gasteiger charge is -2.11. The van der Waals surface area contributed by atoms with Crippen LogP contribution in [-0.4, -0.2) is 46.4 Å². The molecule has 0 saturated carbocycles. The summed E-state index contributed by atoms with van der Waals surface area (Å²) in [7, 11) is 1.50. The van der Waals surface area contributed by atoms with Crippen molar-refractivity contribution in [2.45, 2.75) is 32.8 Å². The van der Waals surface area contributed by atoms with Crippen molar-refractivity contribution in [1.29, 1.82) is 0 Å². The molecule has 0 spiro atoms. The third-order valence-electron chi connectivity index (χ3n) is 2.25. The van der Waals surface area contributed by atoms with E-state index in [0.717, 1.165) is 12.8 Å². The average molecular weight is 255 g/mol. The summed E-state index contributed by atoms with van der Waals surface area (Å²) in [6.45, 7) is 5.10. The van der Waals surface area contributed by atoms with Crippen LogP contribution in [0.3, 0.4) is 0 Å². The zero-order valence-corrected chi connectivity index (χ0v) is 11.1. The molecule has 0 amide bonds. The molecule has 18 heavy (non-hydrogen) atoms. The molecule has 0 radical (unpaired) electrons. The van der Waals surface area contributed by atoms with Crippen LogP contribution in [0.5, 0.6) is 6.01 Å². The normalized spacial score (nSPS) is 12.0. The van der Waals surface area contributed by atoms with Crippen molar-refractivity contribution in [3.63, 3.8) is 0 Å². The minimum Gasteiger partial charge on any atom is -0.467 e. The molecule has 1 rings (SSSR count). The monoisotopic (exact) mass is 255 g/mol. The van der Waals surface area contributed by atoms with Gasteiger partial charge in [-0.05, 0) is 13.3 Å². The summed E-state index contributed by atoms with van der Waals surface area (Å²) in [4.78, 5) is 12.3. The second kappa shape index (κ2) is 7.65. The van der Waals surface area contributed by atoms with Gasteiger partial charge in [-0.25, -0.2) is 0 Å². The number of ether oxygens (including phenoxy) is 1. The Morgan fingerprint density at radius 2 is 1.83 bits per heavy atom. The van der Waals surface area contributed by atoms with Crippen LogP contribution in [0, 0.1) is 0 Å². The number of hydrogen-bond donors (Lipinski definition) is 3. The topological polar surface area (TPSA) is 92.2 Å². The first-order valence-corrected chi connectivity index (χ1v) is 6.15. The molecule has 1 aromatic rings. The number of aliphatic hydroxyl groups excluding tert-OH is 1. The molecule has 0 aliphatic carbocycles. The summed E-state index contributed by atoms with van der Waals surface area (Å²) in [6, 6.07) is 0.244. The first kappa shape index (κ1) is 14.4. The largest absolute Gasteiger partial charge is 0.467 e. The van der Waals surface area contributed by atoms with Crippen molar-refractivity contribution in [3.05, 3.63) is 0 Å². The Morgan fingerprint density at radius 3 is 2.39 bits per heavy atom. The van der Waals surface area contributed by atoms with Gasteiger partial charge in [-0.2, -0.15) is 15.0 Å². The van der Waals surface area contributed by atoms with E-state index < -0.39 is 6.10 Å². The number of aliphatic hydroxyl groups is 1. The number of nitrogens with zero attached hydrogens (tertiary/aromatic N) is 3. The second-order valence-corrected chi connectivity index (χ2v) is 3.82. The molecule has 1 unspecified atom stereocenters. The Labute approximate surface area is 107 Å². The predicted molar refractivity (Wildman–Crippen MR) is 69.9 cm³/mol. The van der Waals surface area contributed by atoms with Crippen molar-refractivity contribution in [3.8, 4) is 6.01 Å². The van der Waals surface area contributed by atoms with Gasteiger partial charge in [0, 0.05) is 13.1 Å².